The van der Waals surface area contributed by atoms with E-state index >= 15 is 0 Å². The smallest absolute Gasteiger partial charge is 0.267 e. The van der Waals surface area contributed by atoms with Crippen LogP contribution >= 0.6 is 0 Å². The number of para-hydroxylation sites is 1. The Morgan fingerprint density at radius 3 is 2.64 bits per heavy atom. The van der Waals surface area contributed by atoms with Gasteiger partial charge in [-0.25, -0.2) is 10.4 Å². The molecule has 0 aliphatic heterocycles. The number of carbonyl (C=O) groups excluding carboxylic acids is 1. The number of nitrogens with one attached hydrogen (secondary N) is 1. The quantitative estimate of drug-likeness (QED) is 0.431. The van der Waals surface area contributed by atoms with Crippen LogP contribution in [-0.2, 0) is 0 Å². The molecule has 0 unspecified atom stereocenters. The van der Waals surface area contributed by atoms with Crippen LogP contribution in [0, 0.1) is 6.92 Å². The molecule has 2 aromatic heterocycles. The van der Waals surface area contributed by atoms with Crippen molar-refractivity contribution in [2.24, 2.45) is 5.10 Å². The number of rotatable bonds is 4. The Morgan fingerprint density at radius 1 is 1.04 bits per heavy atom. The second kappa shape index (κ2) is 7.80. The first-order valence-corrected chi connectivity index (χ1v) is 8.91. The van der Waals surface area contributed by atoms with E-state index in [1.54, 1.807) is 18.6 Å². The predicted octanol–water partition coefficient (Wildman–Crippen LogP) is 4.37. The largest absolute Gasteiger partial charge is 0.272 e. The lowest BCUT2D eigenvalue weighted by molar-refractivity contribution is 0.0956. The van der Waals surface area contributed by atoms with E-state index in [-0.39, 0.29) is 5.91 Å². The van der Waals surface area contributed by atoms with Gasteiger partial charge < -0.3 is 0 Å². The van der Waals surface area contributed by atoms with Gasteiger partial charge >= 0.3 is 0 Å². The molecule has 136 valence electrons. The Labute approximate surface area is 162 Å². The van der Waals surface area contributed by atoms with Crippen molar-refractivity contribution in [2.45, 2.75) is 6.92 Å². The van der Waals surface area contributed by atoms with Crippen LogP contribution in [-0.4, -0.2) is 22.1 Å². The van der Waals surface area contributed by atoms with Gasteiger partial charge in [-0.1, -0.05) is 54.1 Å². The lowest BCUT2D eigenvalue weighted by atomic mass is 10.0. The van der Waals surface area contributed by atoms with Gasteiger partial charge in [0.1, 0.15) is 0 Å². The first-order valence-electron chi connectivity index (χ1n) is 8.91. The molecule has 2 heterocycles. The lowest BCUT2D eigenvalue weighted by Gasteiger charge is -2.09. The molecule has 1 amide bonds. The van der Waals surface area contributed by atoms with Crippen molar-refractivity contribution in [3.8, 4) is 11.3 Å². The molecule has 0 saturated heterocycles. The average Bonchev–Trinajstić information content (AvgIpc) is 2.74. The molecule has 0 atom stereocenters. The highest BCUT2D eigenvalue weighted by Crippen LogP contribution is 2.25. The molecule has 0 aliphatic rings. The van der Waals surface area contributed by atoms with Crippen LogP contribution in [0.3, 0.4) is 0 Å². The van der Waals surface area contributed by atoms with Crippen LogP contribution in [0.15, 0.2) is 84.2 Å². The highest BCUT2D eigenvalue weighted by molar-refractivity contribution is 6.07. The third-order valence-corrected chi connectivity index (χ3v) is 4.37. The fraction of sp³-hybridized carbons (Fsp3) is 0.0435. The number of amides is 1. The first kappa shape index (κ1) is 17.5. The van der Waals surface area contributed by atoms with Crippen LogP contribution < -0.4 is 5.43 Å². The lowest BCUT2D eigenvalue weighted by Crippen LogP contribution is -2.18. The Kier molecular flexibility index (Phi) is 4.89. The summed E-state index contributed by atoms with van der Waals surface area (Å²) < 4.78 is 0. The Balaban J connectivity index is 1.69. The van der Waals surface area contributed by atoms with E-state index in [4.69, 9.17) is 4.98 Å². The minimum atomic E-state index is -0.285. The van der Waals surface area contributed by atoms with Crippen LogP contribution in [0.2, 0.25) is 0 Å². The van der Waals surface area contributed by atoms with Gasteiger partial charge in [0.2, 0.25) is 0 Å². The second-order valence-electron chi connectivity index (χ2n) is 6.42. The highest BCUT2D eigenvalue weighted by Gasteiger charge is 2.13. The summed E-state index contributed by atoms with van der Waals surface area (Å²) in [7, 11) is 0. The van der Waals surface area contributed by atoms with Crippen molar-refractivity contribution in [3.63, 3.8) is 0 Å². The number of hydrogen-bond acceptors (Lipinski definition) is 4. The van der Waals surface area contributed by atoms with E-state index in [2.05, 4.69) is 15.5 Å². The van der Waals surface area contributed by atoms with Crippen molar-refractivity contribution in [1.82, 2.24) is 15.4 Å². The zero-order valence-corrected chi connectivity index (χ0v) is 15.3. The fourth-order valence-corrected chi connectivity index (χ4v) is 2.91. The maximum atomic E-state index is 12.8. The molecule has 2 aromatic carbocycles. The first-order chi connectivity index (χ1) is 13.7. The number of benzene rings is 2. The van der Waals surface area contributed by atoms with Crippen molar-refractivity contribution in [2.75, 3.05) is 0 Å². The predicted molar refractivity (Wildman–Crippen MR) is 111 cm³/mol. The van der Waals surface area contributed by atoms with Gasteiger partial charge in [0, 0.05) is 28.9 Å². The number of hydrogen-bond donors (Lipinski definition) is 1. The maximum Gasteiger partial charge on any atom is 0.272 e. The minimum absolute atomic E-state index is 0.285. The summed E-state index contributed by atoms with van der Waals surface area (Å²) in [6, 6.07) is 21.2. The van der Waals surface area contributed by atoms with E-state index in [9.17, 15) is 4.79 Å². The number of pyridine rings is 2. The number of carbonyl (C=O) groups is 1. The van der Waals surface area contributed by atoms with Crippen LogP contribution in [0.25, 0.3) is 22.2 Å². The third kappa shape index (κ3) is 3.78. The number of aromatic nitrogens is 2. The van der Waals surface area contributed by atoms with E-state index < -0.39 is 0 Å². The standard InChI is InChI=1S/C23H18N4O/c1-16-8-10-18(11-9-16)22-13-20(19-6-2-3-7-21(19)26-22)23(28)27-25-15-17-5-4-12-24-14-17/h2-15H,1H3,(H,27,28)/b25-15-. The van der Waals surface area contributed by atoms with Gasteiger partial charge in [0.15, 0.2) is 0 Å². The van der Waals surface area contributed by atoms with Crippen LogP contribution in [0.5, 0.6) is 0 Å². The molecule has 0 bridgehead atoms. The summed E-state index contributed by atoms with van der Waals surface area (Å²) >= 11 is 0. The number of hydrazone groups is 1. The topological polar surface area (TPSA) is 67.2 Å². The zero-order valence-electron chi connectivity index (χ0n) is 15.3. The Hall–Kier alpha value is -3.86. The van der Waals surface area contributed by atoms with E-state index in [1.165, 1.54) is 5.56 Å². The van der Waals surface area contributed by atoms with E-state index in [0.29, 0.717) is 5.56 Å². The molecule has 5 heteroatoms. The fourth-order valence-electron chi connectivity index (χ4n) is 2.91. The van der Waals surface area contributed by atoms with Crippen molar-refractivity contribution >= 4 is 23.0 Å². The summed E-state index contributed by atoms with van der Waals surface area (Å²) in [4.78, 5) is 21.6. The maximum absolute atomic E-state index is 12.8. The number of aryl methyl sites for hydroxylation is 1. The van der Waals surface area contributed by atoms with Crippen LogP contribution in [0.1, 0.15) is 21.5 Å². The molecule has 5 nitrogen and oxygen atoms in total. The molecule has 28 heavy (non-hydrogen) atoms. The van der Waals surface area contributed by atoms with Gasteiger partial charge in [0.25, 0.3) is 5.91 Å². The molecule has 0 saturated carbocycles. The molecule has 0 aliphatic carbocycles. The molecule has 4 aromatic rings. The SMILES string of the molecule is Cc1ccc(-c2cc(C(=O)N/N=C\c3cccnc3)c3ccccc3n2)cc1. The molecular weight excluding hydrogens is 348 g/mol. The Morgan fingerprint density at radius 2 is 1.86 bits per heavy atom. The molecule has 0 radical (unpaired) electrons. The third-order valence-electron chi connectivity index (χ3n) is 4.37. The summed E-state index contributed by atoms with van der Waals surface area (Å²) in [5.41, 5.74) is 7.59. The molecular formula is C23H18N4O. The second-order valence-corrected chi connectivity index (χ2v) is 6.42. The van der Waals surface area contributed by atoms with Gasteiger partial charge in [-0.3, -0.25) is 9.78 Å². The van der Waals surface area contributed by atoms with Crippen molar-refractivity contribution in [1.29, 1.82) is 0 Å². The zero-order chi connectivity index (χ0) is 19.3. The summed E-state index contributed by atoms with van der Waals surface area (Å²) in [5, 5.41) is 4.84. The summed E-state index contributed by atoms with van der Waals surface area (Å²) in [5.74, 6) is -0.285. The highest BCUT2D eigenvalue weighted by atomic mass is 16.2. The van der Waals surface area contributed by atoms with Crippen molar-refractivity contribution < 1.29 is 4.79 Å². The minimum Gasteiger partial charge on any atom is -0.267 e. The van der Waals surface area contributed by atoms with Gasteiger partial charge in [-0.2, -0.15) is 5.10 Å². The van der Waals surface area contributed by atoms with Gasteiger partial charge in [-0.15, -0.1) is 0 Å². The van der Waals surface area contributed by atoms with Gasteiger partial charge in [-0.05, 0) is 25.1 Å². The molecule has 0 spiro atoms. The molecule has 4 rings (SSSR count). The normalized spacial score (nSPS) is 11.0. The van der Waals surface area contributed by atoms with Crippen LogP contribution in [0.4, 0.5) is 0 Å². The number of nitrogens with zero attached hydrogens (tertiary/aromatic N) is 3. The monoisotopic (exact) mass is 366 g/mol. The average molecular weight is 366 g/mol. The van der Waals surface area contributed by atoms with E-state index in [0.717, 1.165) is 27.7 Å². The van der Waals surface area contributed by atoms with Crippen molar-refractivity contribution in [3.05, 3.63) is 95.8 Å². The summed E-state index contributed by atoms with van der Waals surface area (Å²) in [6.07, 6.45) is 4.92. The molecule has 0 fully saturated rings. The number of fused-ring (bicyclic) bond motifs is 1. The molecule has 1 N–H and O–H groups in total. The van der Waals surface area contributed by atoms with E-state index in [1.807, 2.05) is 73.7 Å². The van der Waals surface area contributed by atoms with Gasteiger partial charge in [0.05, 0.1) is 23.0 Å². The Bertz CT molecular complexity index is 1150. The summed E-state index contributed by atoms with van der Waals surface area (Å²) in [6.45, 7) is 2.04.